The van der Waals surface area contributed by atoms with Gasteiger partial charge in [-0.1, -0.05) is 48.5 Å². The van der Waals surface area contributed by atoms with Gasteiger partial charge in [0.2, 0.25) is 0 Å². The van der Waals surface area contributed by atoms with Gasteiger partial charge < -0.3 is 15.1 Å². The van der Waals surface area contributed by atoms with Crippen molar-refractivity contribution in [2.75, 3.05) is 32.7 Å². The molecule has 1 fully saturated rings. The number of carbonyl (C=O) groups is 2. The zero-order valence-electron chi connectivity index (χ0n) is 15.9. The van der Waals surface area contributed by atoms with E-state index in [0.717, 1.165) is 24.0 Å². The third-order valence-electron chi connectivity index (χ3n) is 4.96. The predicted molar refractivity (Wildman–Crippen MR) is 107 cm³/mol. The minimum atomic E-state index is -0.0483. The zero-order valence-corrected chi connectivity index (χ0v) is 15.9. The van der Waals surface area contributed by atoms with Gasteiger partial charge in [-0.25, -0.2) is 4.79 Å². The monoisotopic (exact) mass is 365 g/mol. The number of carbonyl (C=O) groups excluding carboxylic acids is 2. The molecule has 1 aliphatic heterocycles. The van der Waals surface area contributed by atoms with Gasteiger partial charge in [-0.05, 0) is 37.0 Å². The van der Waals surface area contributed by atoms with E-state index in [1.165, 1.54) is 5.56 Å². The van der Waals surface area contributed by atoms with Crippen LogP contribution in [0.4, 0.5) is 4.79 Å². The molecule has 3 amide bonds. The van der Waals surface area contributed by atoms with Crippen LogP contribution in [0.3, 0.4) is 0 Å². The standard InChI is InChI=1S/C22H27N3O2/c1-2-23-22(27)25-16-14-24(15-17-25)21(26)20-11-7-6-10-19(20)13-12-18-8-4-3-5-9-18/h3-11H,2,12-17H2,1H3,(H,23,27). The van der Waals surface area contributed by atoms with Crippen molar-refractivity contribution in [1.82, 2.24) is 15.1 Å². The van der Waals surface area contributed by atoms with Crippen LogP contribution in [0.25, 0.3) is 0 Å². The molecule has 0 aromatic heterocycles. The van der Waals surface area contributed by atoms with E-state index in [1.807, 2.05) is 54.3 Å². The van der Waals surface area contributed by atoms with Crippen LogP contribution in [0.5, 0.6) is 0 Å². The Kier molecular flexibility index (Phi) is 6.47. The van der Waals surface area contributed by atoms with Gasteiger partial charge in [-0.2, -0.15) is 0 Å². The zero-order chi connectivity index (χ0) is 19.1. The molecular weight excluding hydrogens is 338 g/mol. The minimum absolute atomic E-state index is 0.0483. The maximum absolute atomic E-state index is 13.0. The van der Waals surface area contributed by atoms with Crippen LogP contribution in [-0.2, 0) is 12.8 Å². The molecule has 0 radical (unpaired) electrons. The number of amides is 3. The normalized spacial score (nSPS) is 14.1. The molecule has 1 heterocycles. The number of urea groups is 1. The maximum Gasteiger partial charge on any atom is 0.317 e. The number of hydrogen-bond donors (Lipinski definition) is 1. The first-order valence-corrected chi connectivity index (χ1v) is 9.63. The van der Waals surface area contributed by atoms with Gasteiger partial charge in [0, 0.05) is 38.3 Å². The van der Waals surface area contributed by atoms with Gasteiger partial charge in [0.05, 0.1) is 0 Å². The summed E-state index contributed by atoms with van der Waals surface area (Å²) in [5, 5.41) is 2.82. The quantitative estimate of drug-likeness (QED) is 0.886. The van der Waals surface area contributed by atoms with Crippen molar-refractivity contribution in [3.63, 3.8) is 0 Å². The number of rotatable bonds is 5. The van der Waals surface area contributed by atoms with E-state index < -0.39 is 0 Å². The average Bonchev–Trinajstić information content (AvgIpc) is 2.73. The van der Waals surface area contributed by atoms with Crippen LogP contribution in [-0.4, -0.2) is 54.5 Å². The first kappa shape index (κ1) is 19.0. The molecule has 0 bridgehead atoms. The molecule has 0 saturated carbocycles. The molecule has 1 N–H and O–H groups in total. The molecule has 0 atom stereocenters. The summed E-state index contributed by atoms with van der Waals surface area (Å²) in [4.78, 5) is 28.6. The van der Waals surface area contributed by atoms with Gasteiger partial charge >= 0.3 is 6.03 Å². The molecule has 3 rings (SSSR count). The number of hydrogen-bond acceptors (Lipinski definition) is 2. The van der Waals surface area contributed by atoms with Crippen LogP contribution in [0.1, 0.15) is 28.4 Å². The number of nitrogens with zero attached hydrogens (tertiary/aromatic N) is 2. The second-order valence-corrected chi connectivity index (χ2v) is 6.76. The molecule has 5 nitrogen and oxygen atoms in total. The summed E-state index contributed by atoms with van der Waals surface area (Å²) in [5.41, 5.74) is 3.13. The fraction of sp³-hybridized carbons (Fsp3) is 0.364. The summed E-state index contributed by atoms with van der Waals surface area (Å²) in [6.07, 6.45) is 1.75. The number of benzene rings is 2. The third-order valence-corrected chi connectivity index (χ3v) is 4.96. The Bertz CT molecular complexity index is 768. The average molecular weight is 365 g/mol. The lowest BCUT2D eigenvalue weighted by molar-refractivity contribution is 0.0664. The lowest BCUT2D eigenvalue weighted by Crippen LogP contribution is -2.53. The number of piperazine rings is 1. The molecule has 0 unspecified atom stereocenters. The third kappa shape index (κ3) is 4.88. The Morgan fingerprint density at radius 2 is 1.48 bits per heavy atom. The summed E-state index contributed by atoms with van der Waals surface area (Å²) in [6, 6.07) is 18.2. The predicted octanol–water partition coefficient (Wildman–Crippen LogP) is 2.96. The van der Waals surface area contributed by atoms with Gasteiger partial charge in [-0.15, -0.1) is 0 Å². The van der Waals surface area contributed by atoms with Crippen molar-refractivity contribution in [3.8, 4) is 0 Å². The van der Waals surface area contributed by atoms with E-state index in [1.54, 1.807) is 4.90 Å². The second-order valence-electron chi connectivity index (χ2n) is 6.76. The second kappa shape index (κ2) is 9.21. The molecule has 1 saturated heterocycles. The Morgan fingerprint density at radius 3 is 2.19 bits per heavy atom. The highest BCUT2D eigenvalue weighted by atomic mass is 16.2. The molecule has 0 aliphatic carbocycles. The van der Waals surface area contributed by atoms with Crippen molar-refractivity contribution in [3.05, 3.63) is 71.3 Å². The SMILES string of the molecule is CCNC(=O)N1CCN(C(=O)c2ccccc2CCc2ccccc2)CC1. The highest BCUT2D eigenvalue weighted by molar-refractivity contribution is 5.96. The van der Waals surface area contributed by atoms with Crippen LogP contribution >= 0.6 is 0 Å². The molecule has 1 aliphatic rings. The van der Waals surface area contributed by atoms with E-state index in [2.05, 4.69) is 17.4 Å². The molecule has 2 aromatic carbocycles. The number of aryl methyl sites for hydroxylation is 2. The largest absolute Gasteiger partial charge is 0.338 e. The first-order chi connectivity index (χ1) is 13.2. The summed E-state index contributed by atoms with van der Waals surface area (Å²) in [7, 11) is 0. The molecule has 27 heavy (non-hydrogen) atoms. The van der Waals surface area contributed by atoms with E-state index in [4.69, 9.17) is 0 Å². The molecular formula is C22H27N3O2. The van der Waals surface area contributed by atoms with Crippen molar-refractivity contribution < 1.29 is 9.59 Å². The fourth-order valence-electron chi connectivity index (χ4n) is 3.42. The van der Waals surface area contributed by atoms with Crippen LogP contribution in [0, 0.1) is 0 Å². The van der Waals surface area contributed by atoms with Crippen LogP contribution in [0.15, 0.2) is 54.6 Å². The number of nitrogens with one attached hydrogen (secondary N) is 1. The molecule has 5 heteroatoms. The highest BCUT2D eigenvalue weighted by Crippen LogP contribution is 2.16. The summed E-state index contributed by atoms with van der Waals surface area (Å²) in [5.74, 6) is 0.0641. The van der Waals surface area contributed by atoms with Crippen molar-refractivity contribution in [2.45, 2.75) is 19.8 Å². The minimum Gasteiger partial charge on any atom is -0.338 e. The summed E-state index contributed by atoms with van der Waals surface area (Å²) < 4.78 is 0. The van der Waals surface area contributed by atoms with Gasteiger partial charge in [-0.3, -0.25) is 4.79 Å². The van der Waals surface area contributed by atoms with Crippen molar-refractivity contribution >= 4 is 11.9 Å². The van der Waals surface area contributed by atoms with Gasteiger partial charge in [0.25, 0.3) is 5.91 Å². The Morgan fingerprint density at radius 1 is 0.852 bits per heavy atom. The lowest BCUT2D eigenvalue weighted by atomic mass is 9.99. The maximum atomic E-state index is 13.0. The van der Waals surface area contributed by atoms with Gasteiger partial charge in [0.15, 0.2) is 0 Å². The molecule has 142 valence electrons. The Hall–Kier alpha value is -2.82. The highest BCUT2D eigenvalue weighted by Gasteiger charge is 2.25. The first-order valence-electron chi connectivity index (χ1n) is 9.63. The van der Waals surface area contributed by atoms with Crippen molar-refractivity contribution in [2.24, 2.45) is 0 Å². The van der Waals surface area contributed by atoms with Crippen LogP contribution in [0.2, 0.25) is 0 Å². The van der Waals surface area contributed by atoms with Gasteiger partial charge in [0.1, 0.15) is 0 Å². The summed E-state index contributed by atoms with van der Waals surface area (Å²) in [6.45, 7) is 4.82. The van der Waals surface area contributed by atoms with E-state index in [0.29, 0.717) is 32.7 Å². The Labute approximate surface area is 161 Å². The topological polar surface area (TPSA) is 52.7 Å². The fourth-order valence-corrected chi connectivity index (χ4v) is 3.42. The Balaban J connectivity index is 1.63. The van der Waals surface area contributed by atoms with Crippen molar-refractivity contribution in [1.29, 1.82) is 0 Å². The summed E-state index contributed by atoms with van der Waals surface area (Å²) >= 11 is 0. The van der Waals surface area contributed by atoms with E-state index in [-0.39, 0.29) is 11.9 Å². The van der Waals surface area contributed by atoms with Crippen LogP contribution < -0.4 is 5.32 Å². The molecule has 2 aromatic rings. The van der Waals surface area contributed by atoms with E-state index in [9.17, 15) is 9.59 Å². The van der Waals surface area contributed by atoms with E-state index >= 15 is 0 Å². The molecule has 0 spiro atoms. The smallest absolute Gasteiger partial charge is 0.317 e. The lowest BCUT2D eigenvalue weighted by Gasteiger charge is -2.35.